The summed E-state index contributed by atoms with van der Waals surface area (Å²) in [4.78, 5) is 22.1. The van der Waals surface area contributed by atoms with Crippen LogP contribution in [0.3, 0.4) is 0 Å². The first-order valence-corrected chi connectivity index (χ1v) is 6.54. The van der Waals surface area contributed by atoms with E-state index in [9.17, 15) is 18.4 Å². The number of hydrogen-bond donors (Lipinski definition) is 1. The van der Waals surface area contributed by atoms with E-state index >= 15 is 0 Å². The van der Waals surface area contributed by atoms with Crippen molar-refractivity contribution >= 4 is 12.2 Å². The first kappa shape index (κ1) is 15.4. The molecule has 0 aromatic heterocycles. The minimum atomic E-state index is -1.02. The van der Waals surface area contributed by atoms with Crippen molar-refractivity contribution in [3.63, 3.8) is 0 Å². The summed E-state index contributed by atoms with van der Waals surface area (Å²) in [6, 6.07) is 1.69. The Morgan fingerprint density at radius 1 is 1.33 bits per heavy atom. The molecule has 1 N–H and O–H groups in total. The fourth-order valence-corrected chi connectivity index (χ4v) is 2.03. The smallest absolute Gasteiger partial charge is 0.258 e. The molecular formula is C14H15F2NO4. The molecule has 21 heavy (non-hydrogen) atoms. The van der Waals surface area contributed by atoms with E-state index in [2.05, 4.69) is 5.32 Å². The SMILES string of the molecule is O=Cc1cc(F)c(OCC(=O)NC2CCOCC2)c(F)c1. The van der Waals surface area contributed by atoms with E-state index in [-0.39, 0.29) is 11.6 Å². The lowest BCUT2D eigenvalue weighted by molar-refractivity contribution is -0.124. The highest BCUT2D eigenvalue weighted by molar-refractivity contribution is 5.78. The van der Waals surface area contributed by atoms with Gasteiger partial charge in [-0.3, -0.25) is 9.59 Å². The molecule has 7 heteroatoms. The first-order chi connectivity index (χ1) is 10.1. The van der Waals surface area contributed by atoms with Gasteiger partial charge in [0.25, 0.3) is 5.91 Å². The zero-order chi connectivity index (χ0) is 15.2. The van der Waals surface area contributed by atoms with Crippen LogP contribution >= 0.6 is 0 Å². The van der Waals surface area contributed by atoms with Gasteiger partial charge in [-0.25, -0.2) is 8.78 Å². The molecule has 0 aliphatic carbocycles. The Bertz CT molecular complexity index is 507. The number of nitrogens with one attached hydrogen (secondary N) is 1. The van der Waals surface area contributed by atoms with Gasteiger partial charge in [-0.1, -0.05) is 0 Å². The third kappa shape index (κ3) is 4.22. The Labute approximate surface area is 120 Å². The predicted molar refractivity (Wildman–Crippen MR) is 69.2 cm³/mol. The summed E-state index contributed by atoms with van der Waals surface area (Å²) in [5.41, 5.74) is -0.135. The molecule has 1 aliphatic rings. The van der Waals surface area contributed by atoms with E-state index in [4.69, 9.17) is 9.47 Å². The largest absolute Gasteiger partial charge is 0.478 e. The minimum Gasteiger partial charge on any atom is -0.478 e. The Kier molecular flexibility index (Phi) is 5.21. The van der Waals surface area contributed by atoms with Gasteiger partial charge in [0.15, 0.2) is 24.0 Å². The number of aldehydes is 1. The third-order valence-corrected chi connectivity index (χ3v) is 3.09. The molecule has 1 amide bonds. The van der Waals surface area contributed by atoms with Crippen LogP contribution in [-0.4, -0.2) is 38.1 Å². The van der Waals surface area contributed by atoms with Gasteiger partial charge in [0, 0.05) is 24.8 Å². The van der Waals surface area contributed by atoms with Crippen LogP contribution in [0.15, 0.2) is 12.1 Å². The zero-order valence-electron chi connectivity index (χ0n) is 11.2. The number of rotatable bonds is 5. The first-order valence-electron chi connectivity index (χ1n) is 6.54. The van der Waals surface area contributed by atoms with Crippen molar-refractivity contribution in [3.05, 3.63) is 29.3 Å². The van der Waals surface area contributed by atoms with Crippen molar-refractivity contribution in [2.45, 2.75) is 18.9 Å². The molecule has 0 bridgehead atoms. The second kappa shape index (κ2) is 7.12. The minimum absolute atomic E-state index is 0.0121. The predicted octanol–water partition coefficient (Wildman–Crippen LogP) is 1.45. The van der Waals surface area contributed by atoms with E-state index in [1.807, 2.05) is 0 Å². The number of halogens is 2. The van der Waals surface area contributed by atoms with Crippen molar-refractivity contribution < 1.29 is 27.8 Å². The standard InChI is InChI=1S/C14H15F2NO4/c15-11-5-9(7-18)6-12(16)14(11)21-8-13(19)17-10-1-3-20-4-2-10/h5-7,10H,1-4,8H2,(H,17,19). The lowest BCUT2D eigenvalue weighted by Crippen LogP contribution is -2.41. The van der Waals surface area contributed by atoms with Crippen LogP contribution < -0.4 is 10.1 Å². The summed E-state index contributed by atoms with van der Waals surface area (Å²) in [6.07, 6.45) is 1.72. The molecule has 1 heterocycles. The van der Waals surface area contributed by atoms with Crippen LogP contribution in [0.25, 0.3) is 0 Å². The summed E-state index contributed by atoms with van der Waals surface area (Å²) in [7, 11) is 0. The molecule has 1 aromatic rings. The summed E-state index contributed by atoms with van der Waals surface area (Å²) in [6.45, 7) is 0.649. The Hall–Kier alpha value is -2.02. The maximum atomic E-state index is 13.5. The Balaban J connectivity index is 1.90. The van der Waals surface area contributed by atoms with E-state index < -0.39 is 29.9 Å². The topological polar surface area (TPSA) is 64.6 Å². The molecule has 2 rings (SSSR count). The molecule has 0 saturated carbocycles. The van der Waals surface area contributed by atoms with Crippen LogP contribution in [0.1, 0.15) is 23.2 Å². The number of carbonyl (C=O) groups is 2. The third-order valence-electron chi connectivity index (χ3n) is 3.09. The Morgan fingerprint density at radius 3 is 2.52 bits per heavy atom. The second-order valence-corrected chi connectivity index (χ2v) is 4.67. The number of amides is 1. The average molecular weight is 299 g/mol. The molecule has 1 saturated heterocycles. The fourth-order valence-electron chi connectivity index (χ4n) is 2.03. The van der Waals surface area contributed by atoms with Gasteiger partial charge >= 0.3 is 0 Å². The highest BCUT2D eigenvalue weighted by Gasteiger charge is 2.18. The molecule has 0 radical (unpaired) electrons. The molecule has 1 aliphatic heterocycles. The molecular weight excluding hydrogens is 284 g/mol. The van der Waals surface area contributed by atoms with Crippen molar-refractivity contribution in [1.29, 1.82) is 0 Å². The lowest BCUT2D eigenvalue weighted by atomic mass is 10.1. The van der Waals surface area contributed by atoms with Gasteiger partial charge in [0.2, 0.25) is 0 Å². The average Bonchev–Trinajstić information content (AvgIpc) is 2.47. The molecule has 0 unspecified atom stereocenters. The van der Waals surface area contributed by atoms with Crippen molar-refractivity contribution in [1.82, 2.24) is 5.32 Å². The normalized spacial score (nSPS) is 15.5. The van der Waals surface area contributed by atoms with Gasteiger partial charge in [0.1, 0.15) is 6.29 Å². The van der Waals surface area contributed by atoms with E-state index in [0.717, 1.165) is 12.1 Å². The number of carbonyl (C=O) groups excluding carboxylic acids is 2. The Morgan fingerprint density at radius 2 is 1.95 bits per heavy atom. The molecule has 114 valence electrons. The number of ether oxygens (including phenoxy) is 2. The summed E-state index contributed by atoms with van der Waals surface area (Å²) < 4.78 is 37.1. The van der Waals surface area contributed by atoms with E-state index in [0.29, 0.717) is 32.3 Å². The zero-order valence-corrected chi connectivity index (χ0v) is 11.2. The highest BCUT2D eigenvalue weighted by Crippen LogP contribution is 2.22. The van der Waals surface area contributed by atoms with Crippen molar-refractivity contribution in [3.8, 4) is 5.75 Å². The van der Waals surface area contributed by atoms with E-state index in [1.54, 1.807) is 0 Å². The second-order valence-electron chi connectivity index (χ2n) is 4.67. The van der Waals surface area contributed by atoms with Gasteiger partial charge in [0.05, 0.1) is 0 Å². The number of benzene rings is 1. The summed E-state index contributed by atoms with van der Waals surface area (Å²) >= 11 is 0. The number of hydrogen-bond acceptors (Lipinski definition) is 4. The molecule has 1 fully saturated rings. The van der Waals surface area contributed by atoms with Crippen molar-refractivity contribution in [2.75, 3.05) is 19.8 Å². The molecule has 0 spiro atoms. The van der Waals surface area contributed by atoms with Gasteiger partial charge in [-0.05, 0) is 25.0 Å². The van der Waals surface area contributed by atoms with Crippen molar-refractivity contribution in [2.24, 2.45) is 0 Å². The van der Waals surface area contributed by atoms with Crippen LogP contribution in [0.5, 0.6) is 5.75 Å². The molecule has 5 nitrogen and oxygen atoms in total. The van der Waals surface area contributed by atoms with E-state index in [1.165, 1.54) is 0 Å². The lowest BCUT2D eigenvalue weighted by Gasteiger charge is -2.23. The van der Waals surface area contributed by atoms with Gasteiger partial charge in [-0.2, -0.15) is 0 Å². The maximum absolute atomic E-state index is 13.5. The highest BCUT2D eigenvalue weighted by atomic mass is 19.1. The maximum Gasteiger partial charge on any atom is 0.258 e. The van der Waals surface area contributed by atoms with Crippen LogP contribution in [0.2, 0.25) is 0 Å². The van der Waals surface area contributed by atoms with Crippen LogP contribution in [-0.2, 0) is 9.53 Å². The monoisotopic (exact) mass is 299 g/mol. The van der Waals surface area contributed by atoms with Crippen LogP contribution in [0, 0.1) is 11.6 Å². The van der Waals surface area contributed by atoms with Crippen LogP contribution in [0.4, 0.5) is 8.78 Å². The van der Waals surface area contributed by atoms with Gasteiger partial charge < -0.3 is 14.8 Å². The quantitative estimate of drug-likeness (QED) is 0.836. The molecule has 1 aromatic carbocycles. The van der Waals surface area contributed by atoms with Gasteiger partial charge in [-0.15, -0.1) is 0 Å². The fraction of sp³-hybridized carbons (Fsp3) is 0.429. The molecule has 0 atom stereocenters. The summed E-state index contributed by atoms with van der Waals surface area (Å²) in [5, 5.41) is 2.71. The summed E-state index contributed by atoms with van der Waals surface area (Å²) in [5.74, 6) is -3.16.